The highest BCUT2D eigenvalue weighted by molar-refractivity contribution is 7.21. The van der Waals surface area contributed by atoms with Crippen molar-refractivity contribution in [2.45, 2.75) is 45.4 Å². The monoisotopic (exact) mass is 877 g/mol. The Morgan fingerprint density at radius 2 is 1.13 bits per heavy atom. The van der Waals surface area contributed by atoms with E-state index in [0.29, 0.717) is 58.9 Å². The Balaban J connectivity index is 0.808. The SMILES string of the molecule is COc1ccc(-c2nc3ccccc3s2)cc1OCCCCCN1CCN(CCCCCOc2cc(-c3cc(-c4cc(OC)c(OC)c(OC)c4)nn3C(C)=O)ccc2OC)CC1. The number of carbonyl (C=O) groups is 1. The fourth-order valence-corrected chi connectivity index (χ4v) is 8.86. The average Bonchev–Trinajstić information content (AvgIpc) is 3.97. The minimum absolute atomic E-state index is 0.220. The van der Waals surface area contributed by atoms with Gasteiger partial charge in [-0.25, -0.2) is 4.98 Å². The Labute approximate surface area is 374 Å². The Bertz CT molecular complexity index is 2380. The zero-order valence-corrected chi connectivity index (χ0v) is 38.1. The molecule has 1 fully saturated rings. The molecule has 0 amide bonds. The molecule has 63 heavy (non-hydrogen) atoms. The number of rotatable bonds is 22. The minimum atomic E-state index is -0.220. The van der Waals surface area contributed by atoms with E-state index in [2.05, 4.69) is 27.0 Å². The average molecular weight is 878 g/mol. The fraction of sp³-hybridized carbons (Fsp3) is 0.408. The highest BCUT2D eigenvalue weighted by atomic mass is 32.1. The van der Waals surface area contributed by atoms with Gasteiger partial charge in [-0.1, -0.05) is 12.1 Å². The lowest BCUT2D eigenvalue weighted by molar-refractivity contribution is 0.0923. The topological polar surface area (TPSA) is 119 Å². The van der Waals surface area contributed by atoms with Gasteiger partial charge in [0.25, 0.3) is 0 Å². The van der Waals surface area contributed by atoms with Gasteiger partial charge in [0.05, 0.1) is 70.4 Å². The molecule has 14 heteroatoms. The summed E-state index contributed by atoms with van der Waals surface area (Å²) in [5.41, 5.74) is 4.77. The molecule has 0 aliphatic carbocycles. The first-order valence-corrected chi connectivity index (χ1v) is 22.5. The zero-order chi connectivity index (χ0) is 44.1. The zero-order valence-electron chi connectivity index (χ0n) is 37.3. The van der Waals surface area contributed by atoms with Crippen LogP contribution in [0.3, 0.4) is 0 Å². The Morgan fingerprint density at radius 3 is 1.67 bits per heavy atom. The number of aromatic nitrogens is 3. The maximum Gasteiger partial charge on any atom is 0.244 e. The molecule has 7 rings (SSSR count). The molecule has 0 atom stereocenters. The predicted octanol–water partition coefficient (Wildman–Crippen LogP) is 9.61. The van der Waals surface area contributed by atoms with Gasteiger partial charge in [0.15, 0.2) is 34.5 Å². The molecule has 1 aliphatic rings. The maximum absolute atomic E-state index is 12.8. The summed E-state index contributed by atoms with van der Waals surface area (Å²) in [6.45, 7) is 9.35. The van der Waals surface area contributed by atoms with Crippen molar-refractivity contribution < 1.29 is 38.0 Å². The van der Waals surface area contributed by atoms with Crippen molar-refractivity contribution >= 4 is 27.5 Å². The van der Waals surface area contributed by atoms with Crippen molar-refractivity contribution in [1.29, 1.82) is 0 Å². The summed E-state index contributed by atoms with van der Waals surface area (Å²) in [4.78, 5) is 22.8. The molecule has 13 nitrogen and oxygen atoms in total. The van der Waals surface area contributed by atoms with Crippen LogP contribution in [0.2, 0.25) is 0 Å². The number of hydrogen-bond acceptors (Lipinski definition) is 13. The number of benzene rings is 4. The van der Waals surface area contributed by atoms with Gasteiger partial charge in [-0.2, -0.15) is 9.78 Å². The lowest BCUT2D eigenvalue weighted by atomic mass is 10.1. The Hall–Kier alpha value is -5.83. The number of fused-ring (bicyclic) bond motifs is 1. The first kappa shape index (κ1) is 45.2. The normalized spacial score (nSPS) is 13.2. The predicted molar refractivity (Wildman–Crippen MR) is 249 cm³/mol. The summed E-state index contributed by atoms with van der Waals surface area (Å²) in [6.07, 6.45) is 6.40. The van der Waals surface area contributed by atoms with Crippen LogP contribution in [0, 0.1) is 0 Å². The molecule has 334 valence electrons. The van der Waals surface area contributed by atoms with Gasteiger partial charge >= 0.3 is 0 Å². The first-order chi connectivity index (χ1) is 30.8. The van der Waals surface area contributed by atoms with E-state index in [0.717, 1.165) is 111 Å². The summed E-state index contributed by atoms with van der Waals surface area (Å²) in [7, 11) is 8.00. The standard InChI is InChI=1S/C49H59N5O8S/c1-34(55)54-40(33-39(51-54)37-31-45(58-4)48(60-6)46(32-37)59-5)35-17-19-41(56-2)43(29-35)61-27-13-7-11-21-52-23-25-53(26-24-52)22-12-8-14-28-62-44-30-36(18-20-42(44)57-3)49-50-38-15-9-10-16-47(38)63-49/h9-10,15-20,29-33H,7-8,11-14,21-28H2,1-6H3. The van der Waals surface area contributed by atoms with Crippen LogP contribution < -0.4 is 33.2 Å². The lowest BCUT2D eigenvalue weighted by Crippen LogP contribution is -2.46. The van der Waals surface area contributed by atoms with Crippen LogP contribution in [-0.4, -0.2) is 119 Å². The van der Waals surface area contributed by atoms with E-state index in [-0.39, 0.29) is 5.91 Å². The number of para-hydroxylation sites is 1. The van der Waals surface area contributed by atoms with Crippen molar-refractivity contribution in [3.8, 4) is 73.3 Å². The molecule has 0 radical (unpaired) electrons. The van der Waals surface area contributed by atoms with E-state index < -0.39 is 0 Å². The minimum Gasteiger partial charge on any atom is -0.493 e. The van der Waals surface area contributed by atoms with E-state index in [9.17, 15) is 4.79 Å². The van der Waals surface area contributed by atoms with Crippen LogP contribution in [0.25, 0.3) is 43.3 Å². The first-order valence-electron chi connectivity index (χ1n) is 21.7. The van der Waals surface area contributed by atoms with Crippen LogP contribution in [-0.2, 0) is 0 Å². The van der Waals surface area contributed by atoms with E-state index in [1.165, 1.54) is 16.3 Å². The van der Waals surface area contributed by atoms with Crippen LogP contribution in [0.4, 0.5) is 0 Å². The second-order valence-corrected chi connectivity index (χ2v) is 16.5. The number of piperazine rings is 1. The van der Waals surface area contributed by atoms with Gasteiger partial charge in [-0.05, 0) is 118 Å². The number of unbranched alkanes of at least 4 members (excludes halogenated alkanes) is 4. The molecule has 0 unspecified atom stereocenters. The number of hydrogen-bond donors (Lipinski definition) is 0. The van der Waals surface area contributed by atoms with Gasteiger partial charge in [0.1, 0.15) is 5.01 Å². The molecule has 0 bridgehead atoms. The highest BCUT2D eigenvalue weighted by Crippen LogP contribution is 2.42. The van der Waals surface area contributed by atoms with E-state index >= 15 is 0 Å². The number of methoxy groups -OCH3 is 5. The van der Waals surface area contributed by atoms with Gasteiger partial charge < -0.3 is 43.0 Å². The molecular formula is C49H59N5O8S. The second kappa shape index (κ2) is 22.0. The molecule has 6 aromatic rings. The summed E-state index contributed by atoms with van der Waals surface area (Å²) < 4.78 is 42.9. The van der Waals surface area contributed by atoms with Crippen molar-refractivity contribution in [1.82, 2.24) is 24.6 Å². The molecule has 2 aromatic heterocycles. The summed E-state index contributed by atoms with van der Waals surface area (Å²) >= 11 is 1.69. The molecule has 1 saturated heterocycles. The van der Waals surface area contributed by atoms with Gasteiger partial charge in [-0.15, -0.1) is 11.3 Å². The molecule has 1 aliphatic heterocycles. The third kappa shape index (κ3) is 11.2. The van der Waals surface area contributed by atoms with E-state index in [1.807, 2.05) is 66.7 Å². The van der Waals surface area contributed by atoms with Crippen molar-refractivity contribution in [3.63, 3.8) is 0 Å². The lowest BCUT2D eigenvalue weighted by Gasteiger charge is -2.34. The van der Waals surface area contributed by atoms with Gasteiger partial charge in [0, 0.05) is 49.8 Å². The third-order valence-electron chi connectivity index (χ3n) is 11.3. The molecule has 4 aromatic carbocycles. The Morgan fingerprint density at radius 1 is 0.587 bits per heavy atom. The molecular weight excluding hydrogens is 819 g/mol. The summed E-state index contributed by atoms with van der Waals surface area (Å²) in [5, 5.41) is 5.64. The second-order valence-electron chi connectivity index (χ2n) is 15.5. The van der Waals surface area contributed by atoms with Crippen LogP contribution in [0.15, 0.2) is 78.9 Å². The smallest absolute Gasteiger partial charge is 0.244 e. The largest absolute Gasteiger partial charge is 0.493 e. The van der Waals surface area contributed by atoms with Crippen molar-refractivity contribution in [3.05, 3.63) is 78.9 Å². The maximum atomic E-state index is 12.8. The van der Waals surface area contributed by atoms with Crippen molar-refractivity contribution in [2.75, 3.05) is 88.0 Å². The fourth-order valence-electron chi connectivity index (χ4n) is 7.89. The van der Waals surface area contributed by atoms with Crippen LogP contribution in [0.5, 0.6) is 40.2 Å². The number of carbonyl (C=O) groups excluding carboxylic acids is 1. The molecule has 0 N–H and O–H groups in total. The molecule has 0 saturated carbocycles. The number of ether oxygens (including phenoxy) is 7. The van der Waals surface area contributed by atoms with Crippen molar-refractivity contribution in [2.24, 2.45) is 0 Å². The molecule has 3 heterocycles. The summed E-state index contributed by atoms with van der Waals surface area (Å²) in [5.74, 6) is 4.02. The summed E-state index contributed by atoms with van der Waals surface area (Å²) in [6, 6.07) is 25.5. The highest BCUT2D eigenvalue weighted by Gasteiger charge is 2.21. The quantitative estimate of drug-likeness (QED) is 0.0605. The third-order valence-corrected chi connectivity index (χ3v) is 12.4. The van der Waals surface area contributed by atoms with E-state index in [4.69, 9.17) is 38.1 Å². The Kier molecular flexibility index (Phi) is 15.8. The number of thiazole rings is 1. The van der Waals surface area contributed by atoms with E-state index in [1.54, 1.807) is 46.9 Å². The van der Waals surface area contributed by atoms with Gasteiger partial charge in [0.2, 0.25) is 11.7 Å². The van der Waals surface area contributed by atoms with Crippen LogP contribution in [0.1, 0.15) is 50.2 Å². The number of nitrogens with zero attached hydrogens (tertiary/aromatic N) is 5. The molecule has 0 spiro atoms. The van der Waals surface area contributed by atoms with Gasteiger partial charge in [-0.3, -0.25) is 4.79 Å². The van der Waals surface area contributed by atoms with Crippen LogP contribution >= 0.6 is 11.3 Å².